The molecular weight excluding hydrogens is 371 g/mol. The van der Waals surface area contributed by atoms with Crippen LogP contribution in [-0.2, 0) is 5.33 Å². The van der Waals surface area contributed by atoms with Crippen LogP contribution in [0.3, 0.4) is 0 Å². The van der Waals surface area contributed by atoms with Gasteiger partial charge in [-0.1, -0.05) is 81.1 Å². The topological polar surface area (TPSA) is 8.72 Å². The first-order valence-corrected chi connectivity index (χ1v) is 7.75. The highest BCUT2D eigenvalue weighted by Crippen LogP contribution is 2.26. The van der Waals surface area contributed by atoms with E-state index in [9.17, 15) is 0 Å². The summed E-state index contributed by atoms with van der Waals surface area (Å²) < 4.78 is 0. The van der Waals surface area contributed by atoms with Crippen molar-refractivity contribution in [2.24, 2.45) is 0 Å². The number of hydrogen-bond acceptors (Lipinski definition) is 0. The first kappa shape index (κ1) is 17.5. The zero-order valence-electron chi connectivity index (χ0n) is 11.2. The first-order chi connectivity index (χ1) is 10.0. The van der Waals surface area contributed by atoms with Crippen molar-refractivity contribution < 1.29 is 0 Å². The molecule has 0 amide bonds. The number of nitrogens with zero attached hydrogens (tertiary/aromatic N) is 2. The Kier molecular flexibility index (Phi) is 7.26. The second-order valence-electron chi connectivity index (χ2n) is 4.10. The van der Waals surface area contributed by atoms with Gasteiger partial charge in [-0.05, 0) is 12.5 Å². The van der Waals surface area contributed by atoms with E-state index in [4.69, 9.17) is 36.3 Å². The fourth-order valence-electron chi connectivity index (χ4n) is 1.43. The lowest BCUT2D eigenvalue weighted by molar-refractivity contribution is 1.44. The lowest BCUT2D eigenvalue weighted by Gasteiger charge is -1.97. The molecule has 0 atom stereocenters. The van der Waals surface area contributed by atoms with Crippen LogP contribution in [0.25, 0.3) is 9.69 Å². The number of benzene rings is 2. The normalized spacial score (nSPS) is 9.05. The summed E-state index contributed by atoms with van der Waals surface area (Å²) in [7, 11) is 0. The number of alkyl halides is 1. The third-order valence-electron chi connectivity index (χ3n) is 2.51. The zero-order chi connectivity index (χ0) is 15.8. The summed E-state index contributed by atoms with van der Waals surface area (Å²) in [6, 6.07) is 10.8. The summed E-state index contributed by atoms with van der Waals surface area (Å²) >= 11 is 14.8. The monoisotopic (exact) mass is 380 g/mol. The number of aryl methyl sites for hydroxylation is 1. The SMILES string of the molecule is [C-]#[N+]c1ccc(C)cc1Cl.[C-]#[N+]c1ccc(CBr)cc1Cl. The Hall–Kier alpha value is -1.52. The highest BCUT2D eigenvalue weighted by Gasteiger charge is 1.99. The minimum absolute atomic E-state index is 0.511. The van der Waals surface area contributed by atoms with E-state index in [1.54, 1.807) is 24.3 Å². The summed E-state index contributed by atoms with van der Waals surface area (Å²) in [5, 5.41) is 1.83. The molecule has 106 valence electrons. The fraction of sp³-hybridized carbons (Fsp3) is 0.125. The van der Waals surface area contributed by atoms with Crippen molar-refractivity contribution in [1.82, 2.24) is 0 Å². The summed E-state index contributed by atoms with van der Waals surface area (Å²) in [5.41, 5.74) is 3.20. The molecule has 0 aliphatic rings. The van der Waals surface area contributed by atoms with Crippen LogP contribution in [0.5, 0.6) is 0 Å². The Bertz CT molecular complexity index is 715. The number of hydrogen-bond donors (Lipinski definition) is 0. The maximum Gasteiger partial charge on any atom is 0.205 e. The maximum absolute atomic E-state index is 6.74. The van der Waals surface area contributed by atoms with E-state index < -0.39 is 0 Å². The largest absolute Gasteiger partial charge is 0.237 e. The van der Waals surface area contributed by atoms with E-state index in [2.05, 4.69) is 25.6 Å². The third kappa shape index (κ3) is 5.40. The molecule has 0 bridgehead atoms. The molecule has 0 spiro atoms. The molecule has 0 heterocycles. The molecule has 2 nitrogen and oxygen atoms in total. The van der Waals surface area contributed by atoms with Gasteiger partial charge in [-0.15, -0.1) is 0 Å². The van der Waals surface area contributed by atoms with Gasteiger partial charge in [-0.3, -0.25) is 0 Å². The van der Waals surface area contributed by atoms with Crippen LogP contribution in [0.1, 0.15) is 11.1 Å². The van der Waals surface area contributed by atoms with Gasteiger partial charge >= 0.3 is 0 Å². The molecule has 2 aromatic rings. The van der Waals surface area contributed by atoms with Crippen molar-refractivity contribution in [2.45, 2.75) is 12.3 Å². The molecule has 5 heteroatoms. The third-order valence-corrected chi connectivity index (χ3v) is 3.76. The van der Waals surface area contributed by atoms with Crippen LogP contribution in [0, 0.1) is 20.1 Å². The number of rotatable bonds is 1. The minimum atomic E-state index is 0.511. The fourth-order valence-corrected chi connectivity index (χ4v) is 2.30. The van der Waals surface area contributed by atoms with Gasteiger partial charge in [0, 0.05) is 15.4 Å². The lowest BCUT2D eigenvalue weighted by atomic mass is 10.2. The molecular formula is C16H11BrCl2N2. The summed E-state index contributed by atoms with van der Waals surface area (Å²) in [4.78, 5) is 6.48. The molecule has 0 unspecified atom stereocenters. The van der Waals surface area contributed by atoms with E-state index >= 15 is 0 Å². The highest BCUT2D eigenvalue weighted by atomic mass is 79.9. The zero-order valence-corrected chi connectivity index (χ0v) is 14.3. The van der Waals surface area contributed by atoms with Crippen molar-refractivity contribution in [3.8, 4) is 0 Å². The van der Waals surface area contributed by atoms with E-state index in [0.29, 0.717) is 21.4 Å². The summed E-state index contributed by atoms with van der Waals surface area (Å²) in [5.74, 6) is 0. The van der Waals surface area contributed by atoms with Crippen LogP contribution in [-0.4, -0.2) is 0 Å². The Morgan fingerprint density at radius 1 is 0.952 bits per heavy atom. The van der Waals surface area contributed by atoms with Crippen molar-refractivity contribution in [3.63, 3.8) is 0 Å². The van der Waals surface area contributed by atoms with Gasteiger partial charge in [0.05, 0.1) is 13.1 Å². The Morgan fingerprint density at radius 3 is 1.90 bits per heavy atom. The molecule has 0 aromatic heterocycles. The van der Waals surface area contributed by atoms with Crippen LogP contribution in [0.2, 0.25) is 10.0 Å². The van der Waals surface area contributed by atoms with Gasteiger partial charge in [0.25, 0.3) is 0 Å². The first-order valence-electron chi connectivity index (χ1n) is 5.87. The predicted molar refractivity (Wildman–Crippen MR) is 92.8 cm³/mol. The summed E-state index contributed by atoms with van der Waals surface area (Å²) in [6.45, 7) is 15.4. The molecule has 21 heavy (non-hydrogen) atoms. The van der Waals surface area contributed by atoms with Crippen LogP contribution >= 0.6 is 39.1 Å². The van der Waals surface area contributed by atoms with E-state index in [0.717, 1.165) is 16.5 Å². The molecule has 0 radical (unpaired) electrons. The van der Waals surface area contributed by atoms with Crippen LogP contribution in [0.15, 0.2) is 36.4 Å². The molecule has 2 aromatic carbocycles. The minimum Gasteiger partial charge on any atom is -0.237 e. The Morgan fingerprint density at radius 2 is 1.48 bits per heavy atom. The maximum atomic E-state index is 6.74. The lowest BCUT2D eigenvalue weighted by Crippen LogP contribution is -1.75. The molecule has 0 saturated heterocycles. The standard InChI is InChI=1S/C8H5BrClN.C8H6ClN/c1-11-8-3-2-6(5-9)4-7(8)10;1-6-3-4-8(10-2)7(9)5-6/h2-4H,5H2;3-5H,1H3. The molecule has 0 fully saturated rings. The molecule has 0 saturated carbocycles. The average molecular weight is 382 g/mol. The van der Waals surface area contributed by atoms with Gasteiger partial charge in [0.1, 0.15) is 0 Å². The average Bonchev–Trinajstić information content (AvgIpc) is 2.48. The van der Waals surface area contributed by atoms with E-state index in [1.807, 2.05) is 19.1 Å². The second kappa shape index (κ2) is 8.70. The van der Waals surface area contributed by atoms with Crippen molar-refractivity contribution >= 4 is 50.5 Å². The quantitative estimate of drug-likeness (QED) is 0.372. The molecule has 0 aliphatic heterocycles. The van der Waals surface area contributed by atoms with Gasteiger partial charge in [0.2, 0.25) is 11.4 Å². The van der Waals surface area contributed by atoms with Gasteiger partial charge < -0.3 is 0 Å². The molecule has 0 N–H and O–H groups in total. The van der Waals surface area contributed by atoms with Crippen molar-refractivity contribution in [3.05, 3.63) is 80.4 Å². The highest BCUT2D eigenvalue weighted by molar-refractivity contribution is 9.08. The Balaban J connectivity index is 0.000000211. The van der Waals surface area contributed by atoms with Gasteiger partial charge in [-0.25, -0.2) is 9.69 Å². The Labute approximate surface area is 143 Å². The van der Waals surface area contributed by atoms with Gasteiger partial charge in [0.15, 0.2) is 0 Å². The van der Waals surface area contributed by atoms with Crippen LogP contribution in [0.4, 0.5) is 11.4 Å². The summed E-state index contributed by atoms with van der Waals surface area (Å²) in [6.07, 6.45) is 0. The van der Waals surface area contributed by atoms with Crippen LogP contribution < -0.4 is 0 Å². The van der Waals surface area contributed by atoms with Gasteiger partial charge in [-0.2, -0.15) is 0 Å². The smallest absolute Gasteiger partial charge is 0.205 e. The predicted octanol–water partition coefficient (Wildman–Crippen LogP) is 6.98. The number of halogens is 3. The second-order valence-corrected chi connectivity index (χ2v) is 5.47. The molecule has 0 aliphatic carbocycles. The van der Waals surface area contributed by atoms with E-state index in [-0.39, 0.29) is 0 Å². The molecule has 2 rings (SSSR count). The van der Waals surface area contributed by atoms with E-state index in [1.165, 1.54) is 0 Å². The van der Waals surface area contributed by atoms with Crippen molar-refractivity contribution in [2.75, 3.05) is 0 Å². The van der Waals surface area contributed by atoms with Crippen molar-refractivity contribution in [1.29, 1.82) is 0 Å².